The molecular weight excluding hydrogens is 562 g/mol. The summed E-state index contributed by atoms with van der Waals surface area (Å²) >= 11 is 0.982. The molecule has 0 saturated carbocycles. The van der Waals surface area contributed by atoms with Crippen LogP contribution in [-0.4, -0.2) is 39.9 Å². The molecule has 2 aliphatic rings. The molecule has 0 unspecified atom stereocenters. The molecule has 0 aliphatic carbocycles. The maximum atomic E-state index is 5.10. The van der Waals surface area contributed by atoms with Crippen LogP contribution >= 0.6 is 0 Å². The molecule has 0 fully saturated rings. The molecule has 9 rings (SSSR count). The molecule has 0 saturated heterocycles. The Labute approximate surface area is 242 Å². The van der Waals surface area contributed by atoms with Crippen LogP contribution in [-0.2, 0) is 18.3 Å². The summed E-state index contributed by atoms with van der Waals surface area (Å²) in [6.45, 7) is 0. The number of hydrogen-bond acceptors (Lipinski definition) is 6. The second-order valence-electron chi connectivity index (χ2n) is 10.1. The van der Waals surface area contributed by atoms with Crippen molar-refractivity contribution in [1.29, 1.82) is 0 Å². The van der Waals surface area contributed by atoms with E-state index in [0.29, 0.717) is 40.2 Å². The van der Waals surface area contributed by atoms with Crippen LogP contribution in [0.15, 0.2) is 91.0 Å². The molecule has 2 N–H and O–H groups in total. The summed E-state index contributed by atoms with van der Waals surface area (Å²) in [4.78, 5) is 37.1. The fraction of sp³-hybridized carbons (Fsp3) is 0. The summed E-state index contributed by atoms with van der Waals surface area (Å²) in [5.74, 6) is 2.44. The number of benzene rings is 4. The number of hydrogen-bond donors (Lipinski definition) is 2. The van der Waals surface area contributed by atoms with Crippen molar-refractivity contribution in [3.05, 3.63) is 91.0 Å². The molecule has 41 heavy (non-hydrogen) atoms. The van der Waals surface area contributed by atoms with Gasteiger partial charge in [-0.15, -0.1) is 0 Å². The third-order valence-corrected chi connectivity index (χ3v) is 8.90. The first-order chi connectivity index (χ1) is 20.2. The van der Waals surface area contributed by atoms with Gasteiger partial charge in [0.25, 0.3) is 0 Å². The first kappa shape index (κ1) is 22.7. The first-order valence-electron chi connectivity index (χ1n) is 13.3. The summed E-state index contributed by atoms with van der Waals surface area (Å²) in [6.07, 6.45) is 0. The van der Waals surface area contributed by atoms with E-state index in [1.807, 2.05) is 72.8 Å². The second-order valence-corrected chi connectivity index (χ2v) is 11.7. The summed E-state index contributed by atoms with van der Waals surface area (Å²) in [5, 5.41) is 3.98. The van der Waals surface area contributed by atoms with Crippen LogP contribution < -0.4 is 4.16 Å². The Kier molecular flexibility index (Phi) is 4.66. The molecule has 0 spiro atoms. The predicted molar refractivity (Wildman–Crippen MR) is 156 cm³/mol. The van der Waals surface area contributed by atoms with Crippen LogP contribution in [0.1, 0.15) is 0 Å². The van der Waals surface area contributed by atoms with Crippen molar-refractivity contribution in [1.82, 2.24) is 39.9 Å². The van der Waals surface area contributed by atoms with Gasteiger partial charge in [0.05, 0.1) is 0 Å². The zero-order chi connectivity index (χ0) is 27.1. The number of rotatable bonds is 0. The topological polar surface area (TPSA) is 109 Å². The number of fused-ring (bicyclic) bond motifs is 20. The van der Waals surface area contributed by atoms with Gasteiger partial charge in [0, 0.05) is 0 Å². The molecule has 0 amide bonds. The number of aromatic amines is 2. The van der Waals surface area contributed by atoms with Gasteiger partial charge in [0.1, 0.15) is 0 Å². The van der Waals surface area contributed by atoms with Crippen molar-refractivity contribution in [3.8, 4) is 45.6 Å². The quantitative estimate of drug-likeness (QED) is 0.212. The van der Waals surface area contributed by atoms with Crippen LogP contribution in [0.2, 0.25) is 0 Å². The van der Waals surface area contributed by atoms with E-state index >= 15 is 0 Å². The Hall–Kier alpha value is -5.14. The Balaban J connectivity index is 1.52. The molecule has 5 heterocycles. The van der Waals surface area contributed by atoms with Crippen molar-refractivity contribution in [2.75, 3.05) is 0 Å². The van der Waals surface area contributed by atoms with E-state index in [2.05, 4.69) is 28.2 Å². The Morgan fingerprint density at radius 1 is 0.390 bits per heavy atom. The minimum absolute atomic E-state index is 0.604. The zero-order valence-corrected chi connectivity index (χ0v) is 24.5. The van der Waals surface area contributed by atoms with Gasteiger partial charge in [-0.3, -0.25) is 0 Å². The molecular formula is C32H17N8Zn. The van der Waals surface area contributed by atoms with Crippen LogP contribution in [0.4, 0.5) is 0 Å². The summed E-state index contributed by atoms with van der Waals surface area (Å²) in [7, 11) is 0. The Morgan fingerprint density at radius 2 is 0.780 bits per heavy atom. The van der Waals surface area contributed by atoms with Crippen molar-refractivity contribution < 1.29 is 18.3 Å². The summed E-state index contributed by atoms with van der Waals surface area (Å²) < 4.78 is 1.22. The van der Waals surface area contributed by atoms with Crippen LogP contribution in [0, 0.1) is 0 Å². The van der Waals surface area contributed by atoms with E-state index < -0.39 is 0 Å². The van der Waals surface area contributed by atoms with Crippen molar-refractivity contribution in [2.24, 2.45) is 0 Å². The average molecular weight is 579 g/mol. The van der Waals surface area contributed by atoms with Gasteiger partial charge < -0.3 is 0 Å². The van der Waals surface area contributed by atoms with Crippen molar-refractivity contribution >= 4 is 48.3 Å². The minimum atomic E-state index is 0.604. The predicted octanol–water partition coefficient (Wildman–Crippen LogP) is 6.04. The summed E-state index contributed by atoms with van der Waals surface area (Å²) in [5.41, 5.74) is 6.57. The van der Waals surface area contributed by atoms with Gasteiger partial charge in [-0.25, -0.2) is 0 Å². The molecule has 187 valence electrons. The van der Waals surface area contributed by atoms with Crippen LogP contribution in [0.3, 0.4) is 0 Å². The van der Waals surface area contributed by atoms with Gasteiger partial charge in [0.2, 0.25) is 0 Å². The average Bonchev–Trinajstić information content (AvgIpc) is 3.73. The van der Waals surface area contributed by atoms with Gasteiger partial charge >= 0.3 is 237 Å². The molecule has 7 aromatic rings. The Bertz CT molecular complexity index is 2400. The molecule has 8 nitrogen and oxygen atoms in total. The molecule has 0 radical (unpaired) electrons. The van der Waals surface area contributed by atoms with Gasteiger partial charge in [-0.2, -0.15) is 0 Å². The Morgan fingerprint density at radius 3 is 1.29 bits per heavy atom. The van der Waals surface area contributed by atoms with Crippen LogP contribution in [0.5, 0.6) is 0 Å². The molecule has 8 bridgehead atoms. The molecule has 2 aliphatic heterocycles. The third-order valence-electron chi connectivity index (χ3n) is 7.67. The number of nitrogens with one attached hydrogen (secondary N) is 2. The number of aromatic nitrogens is 8. The number of H-pyrrole nitrogens is 2. The standard InChI is InChI=1S/C32H17N8.Zn/c1-2-10-18-17(9-1)25-33-26(18)38-28-21-13-5-6-14-22(21)30(35-28)40-32-24-16-8-7-15-23(24)31(36-32)39-29-20-12-4-3-11-19(20)27(34-29)37-25;/h1-15H,(H2,33,34,35,36,37,38,39,40);. The monoisotopic (exact) mass is 577 g/mol. The van der Waals surface area contributed by atoms with Gasteiger partial charge in [0.15, 0.2) is 0 Å². The molecule has 4 aromatic carbocycles. The van der Waals surface area contributed by atoms with E-state index in [9.17, 15) is 0 Å². The van der Waals surface area contributed by atoms with Gasteiger partial charge in [-0.05, 0) is 0 Å². The second kappa shape index (κ2) is 8.43. The SMILES string of the molecule is [Zn][c]1cccc2c3nc4nc(nc5[nH]c(nc6nc(nc([nH]3)c12)-c1ccccc1-6)c1ccccc51)-c1ccccc1-4. The van der Waals surface area contributed by atoms with E-state index in [4.69, 9.17) is 29.9 Å². The van der Waals surface area contributed by atoms with Crippen molar-refractivity contribution in [3.63, 3.8) is 0 Å². The van der Waals surface area contributed by atoms with Gasteiger partial charge in [-0.1, -0.05) is 6.07 Å². The molecule has 3 aromatic heterocycles. The third kappa shape index (κ3) is 3.36. The van der Waals surface area contributed by atoms with E-state index in [1.165, 1.54) is 4.16 Å². The zero-order valence-electron chi connectivity index (χ0n) is 21.6. The van der Waals surface area contributed by atoms with E-state index in [0.717, 1.165) is 67.7 Å². The molecule has 0 atom stereocenters. The molecule has 9 heteroatoms. The fourth-order valence-corrected chi connectivity index (χ4v) is 6.80. The first-order valence-corrected chi connectivity index (χ1v) is 14.7. The van der Waals surface area contributed by atoms with E-state index in [-0.39, 0.29) is 0 Å². The summed E-state index contributed by atoms with van der Waals surface area (Å²) in [6, 6.07) is 30.6. The normalized spacial score (nSPS) is 12.0. The maximum absolute atomic E-state index is 5.10. The van der Waals surface area contributed by atoms with Crippen molar-refractivity contribution in [2.45, 2.75) is 0 Å². The fourth-order valence-electron chi connectivity index (χ4n) is 5.76. The number of nitrogens with zero attached hydrogens (tertiary/aromatic N) is 6. The van der Waals surface area contributed by atoms with Crippen LogP contribution in [0.25, 0.3) is 89.7 Å². The van der Waals surface area contributed by atoms with E-state index in [1.54, 1.807) is 0 Å².